The van der Waals surface area contributed by atoms with Crippen molar-refractivity contribution in [2.24, 2.45) is 0 Å². The van der Waals surface area contributed by atoms with Crippen molar-refractivity contribution < 1.29 is 42.9 Å². The molecule has 0 aliphatic carbocycles. The van der Waals surface area contributed by atoms with E-state index in [1.54, 1.807) is 0 Å². The third kappa shape index (κ3) is 56.8. The molecular formula is C64H117NO8. The molecule has 0 aliphatic heterocycles. The first-order chi connectivity index (χ1) is 35.6. The van der Waals surface area contributed by atoms with Gasteiger partial charge in [0, 0.05) is 12.8 Å². The molecule has 426 valence electrons. The Hall–Kier alpha value is -2.75. The molecule has 9 nitrogen and oxygen atoms in total. The molecule has 0 saturated carbocycles. The molecule has 0 aliphatic rings. The Kier molecular flexibility index (Phi) is 53.4. The number of hydrogen-bond acceptors (Lipinski definition) is 8. The lowest BCUT2D eigenvalue weighted by Gasteiger charge is -2.26. The topological polar surface area (TPSA) is 111 Å². The molecule has 0 amide bonds. The van der Waals surface area contributed by atoms with Crippen molar-refractivity contribution >= 4 is 17.9 Å². The van der Waals surface area contributed by atoms with Crippen molar-refractivity contribution in [3.05, 3.63) is 48.6 Å². The molecule has 73 heavy (non-hydrogen) atoms. The molecule has 9 heteroatoms. The first-order valence-electron chi connectivity index (χ1n) is 30.8. The molecule has 0 aromatic carbocycles. The number of carboxylic acids is 1. The van der Waals surface area contributed by atoms with Gasteiger partial charge in [-0.2, -0.15) is 0 Å². The molecule has 0 N–H and O–H groups in total. The van der Waals surface area contributed by atoms with Crippen LogP contribution in [0.4, 0.5) is 0 Å². The number of nitrogens with zero attached hydrogens (tertiary/aromatic N) is 1. The van der Waals surface area contributed by atoms with Crippen LogP contribution in [0.15, 0.2) is 48.6 Å². The average molecular weight is 1030 g/mol. The number of esters is 2. The molecule has 2 unspecified atom stereocenters. The predicted octanol–water partition coefficient (Wildman–Crippen LogP) is 16.9. The van der Waals surface area contributed by atoms with Gasteiger partial charge in [-0.1, -0.05) is 268 Å². The summed E-state index contributed by atoms with van der Waals surface area (Å²) in [6.07, 6.45) is 66.2. The third-order valence-electron chi connectivity index (χ3n) is 13.6. The number of likely N-dealkylation sites (N-methyl/N-ethyl adjacent to an activating group) is 1. The number of quaternary nitrogens is 1. The number of allylic oxidation sites excluding steroid dienone is 8. The average Bonchev–Trinajstić information content (AvgIpc) is 3.36. The van der Waals surface area contributed by atoms with Crippen LogP contribution in [0.3, 0.4) is 0 Å². The number of carbonyl (C=O) groups excluding carboxylic acids is 3. The summed E-state index contributed by atoms with van der Waals surface area (Å²) in [7, 11) is 5.92. The summed E-state index contributed by atoms with van der Waals surface area (Å²) < 4.78 is 22.7. The summed E-state index contributed by atoms with van der Waals surface area (Å²) in [4.78, 5) is 37.3. The summed E-state index contributed by atoms with van der Waals surface area (Å²) >= 11 is 0. The summed E-state index contributed by atoms with van der Waals surface area (Å²) in [6, 6.07) is 0. The second-order valence-electron chi connectivity index (χ2n) is 22.0. The van der Waals surface area contributed by atoms with Crippen LogP contribution in [0.25, 0.3) is 0 Å². The highest BCUT2D eigenvalue weighted by Crippen LogP contribution is 2.18. The van der Waals surface area contributed by atoms with E-state index >= 15 is 0 Å². The highest BCUT2D eigenvalue weighted by Gasteiger charge is 2.22. The highest BCUT2D eigenvalue weighted by atomic mass is 16.7. The first kappa shape index (κ1) is 70.2. The van der Waals surface area contributed by atoms with E-state index in [-0.39, 0.29) is 38.6 Å². The molecule has 0 aromatic heterocycles. The molecule has 0 fully saturated rings. The molecular weight excluding hydrogens is 911 g/mol. The minimum atomic E-state index is -1.63. The Balaban J connectivity index is 4.09. The fourth-order valence-electron chi connectivity index (χ4n) is 8.88. The van der Waals surface area contributed by atoms with Gasteiger partial charge in [-0.3, -0.25) is 9.59 Å². The van der Waals surface area contributed by atoms with E-state index in [2.05, 4.69) is 62.5 Å². The largest absolute Gasteiger partial charge is 0.545 e. The lowest BCUT2D eigenvalue weighted by atomic mass is 10.0. The second kappa shape index (κ2) is 55.5. The molecule has 0 bridgehead atoms. The van der Waals surface area contributed by atoms with E-state index in [4.69, 9.17) is 18.9 Å². The van der Waals surface area contributed by atoms with Crippen LogP contribution in [0.2, 0.25) is 0 Å². The number of aliphatic carboxylic acids is 1. The van der Waals surface area contributed by atoms with E-state index in [9.17, 15) is 19.5 Å². The van der Waals surface area contributed by atoms with Gasteiger partial charge in [0.25, 0.3) is 0 Å². The van der Waals surface area contributed by atoms with Crippen LogP contribution in [0, 0.1) is 0 Å². The first-order valence-corrected chi connectivity index (χ1v) is 30.8. The Labute approximate surface area is 451 Å². The maximum Gasteiger partial charge on any atom is 0.306 e. The van der Waals surface area contributed by atoms with E-state index in [0.717, 1.165) is 70.6 Å². The molecule has 0 heterocycles. The number of hydrogen-bond donors (Lipinski definition) is 0. The normalized spacial score (nSPS) is 13.1. The van der Waals surface area contributed by atoms with Crippen molar-refractivity contribution in [1.29, 1.82) is 0 Å². The summed E-state index contributed by atoms with van der Waals surface area (Å²) in [6.45, 7) is 4.64. The summed E-state index contributed by atoms with van der Waals surface area (Å²) in [5, 5.41) is 11.8. The summed E-state index contributed by atoms with van der Waals surface area (Å²) in [5.74, 6) is -2.30. The Morgan fingerprint density at radius 1 is 0.425 bits per heavy atom. The van der Waals surface area contributed by atoms with Crippen LogP contribution >= 0.6 is 0 Å². The van der Waals surface area contributed by atoms with Gasteiger partial charge in [0.2, 0.25) is 0 Å². The van der Waals surface area contributed by atoms with E-state index in [1.807, 2.05) is 21.1 Å². The van der Waals surface area contributed by atoms with Gasteiger partial charge in [-0.25, -0.2) is 0 Å². The van der Waals surface area contributed by atoms with Gasteiger partial charge in [-0.05, 0) is 51.4 Å². The zero-order valence-electron chi connectivity index (χ0n) is 48.5. The van der Waals surface area contributed by atoms with Gasteiger partial charge < -0.3 is 33.3 Å². The Morgan fingerprint density at radius 3 is 1.16 bits per heavy atom. The van der Waals surface area contributed by atoms with Crippen LogP contribution in [0.1, 0.15) is 284 Å². The van der Waals surface area contributed by atoms with Gasteiger partial charge in [0.15, 0.2) is 12.4 Å². The fourth-order valence-corrected chi connectivity index (χ4v) is 8.88. The lowest BCUT2D eigenvalue weighted by molar-refractivity contribution is -0.870. The second-order valence-corrected chi connectivity index (χ2v) is 22.0. The van der Waals surface area contributed by atoms with Crippen molar-refractivity contribution in [3.8, 4) is 0 Å². The molecule has 0 spiro atoms. The van der Waals surface area contributed by atoms with E-state index < -0.39 is 24.3 Å². The number of rotatable bonds is 57. The maximum atomic E-state index is 12.8. The molecule has 0 saturated heterocycles. The minimum Gasteiger partial charge on any atom is -0.545 e. The summed E-state index contributed by atoms with van der Waals surface area (Å²) in [5.41, 5.74) is 0. The van der Waals surface area contributed by atoms with Crippen molar-refractivity contribution in [2.45, 2.75) is 296 Å². The van der Waals surface area contributed by atoms with Crippen molar-refractivity contribution in [2.75, 3.05) is 47.5 Å². The Morgan fingerprint density at radius 2 is 0.781 bits per heavy atom. The van der Waals surface area contributed by atoms with Crippen LogP contribution in [0.5, 0.6) is 0 Å². The van der Waals surface area contributed by atoms with E-state index in [1.165, 1.54) is 180 Å². The van der Waals surface area contributed by atoms with Crippen LogP contribution in [-0.4, -0.2) is 82.3 Å². The Bertz CT molecular complexity index is 1340. The number of ether oxygens (including phenoxy) is 4. The van der Waals surface area contributed by atoms with Crippen LogP contribution in [-0.2, 0) is 33.3 Å². The van der Waals surface area contributed by atoms with Gasteiger partial charge >= 0.3 is 11.9 Å². The predicted molar refractivity (Wildman–Crippen MR) is 306 cm³/mol. The van der Waals surface area contributed by atoms with Gasteiger partial charge in [0.05, 0.1) is 40.3 Å². The maximum absolute atomic E-state index is 12.8. The number of carbonyl (C=O) groups is 3. The minimum absolute atomic E-state index is 0.142. The zero-order chi connectivity index (χ0) is 53.4. The fraction of sp³-hybridized carbons (Fsp3) is 0.828. The quantitative estimate of drug-likeness (QED) is 0.0195. The molecule has 0 rings (SSSR count). The van der Waals surface area contributed by atoms with Gasteiger partial charge in [-0.15, -0.1) is 0 Å². The monoisotopic (exact) mass is 1030 g/mol. The molecule has 0 radical (unpaired) electrons. The lowest BCUT2D eigenvalue weighted by Crippen LogP contribution is -2.44. The zero-order valence-corrected chi connectivity index (χ0v) is 48.5. The van der Waals surface area contributed by atoms with Crippen LogP contribution < -0.4 is 5.11 Å². The molecule has 2 atom stereocenters. The number of carboxylic acid groups (broad SMARTS) is 1. The smallest absolute Gasteiger partial charge is 0.306 e. The third-order valence-corrected chi connectivity index (χ3v) is 13.6. The highest BCUT2D eigenvalue weighted by molar-refractivity contribution is 5.70. The van der Waals surface area contributed by atoms with Crippen molar-refractivity contribution in [3.63, 3.8) is 0 Å². The van der Waals surface area contributed by atoms with Gasteiger partial charge in [0.1, 0.15) is 13.2 Å². The SMILES string of the molecule is CC/C=C\C/C=C\C/C=C\C/C=C\CCCCCCC(=O)OC(COC(=O)CCCCCCCCCCCCCCCCCCCCCCCCCCCCCCCCC)COC(OCC[N+](C)(C)C)C(=O)[O-]. The number of unbranched alkanes of at least 4 members (excludes halogenated alkanes) is 34. The standard InChI is InChI=1S/C64H117NO8/c1-6-8-10-12-14-16-18-20-22-24-25-26-27-28-29-30-31-32-33-34-35-36-37-39-40-42-44-46-48-50-52-54-61(66)71-58-60(59-72-64(63(68)69)70-57-56-65(3,4)5)73-62(67)55-53-51-49-47-45-43-41-38-23-21-19-17-15-13-11-9-7-2/h9,11,15,17,21,23,41,43,60,64H,6-8,10,12-14,16,18-20,22,24-40,42,44-59H2,1-5H3/b11-9-,17-15-,23-21-,43-41-. The van der Waals surface area contributed by atoms with Crippen molar-refractivity contribution in [1.82, 2.24) is 0 Å². The van der Waals surface area contributed by atoms with E-state index in [0.29, 0.717) is 17.4 Å². The molecule has 0 aromatic rings.